The van der Waals surface area contributed by atoms with E-state index in [1.165, 1.54) is 12.1 Å². The summed E-state index contributed by atoms with van der Waals surface area (Å²) in [6, 6.07) is 23.9. The molecule has 0 N–H and O–H groups in total. The minimum Gasteiger partial charge on any atom is -0.457 e. The fourth-order valence-corrected chi connectivity index (χ4v) is 3.46. The van der Waals surface area contributed by atoms with Crippen LogP contribution in [0.2, 0.25) is 0 Å². The second-order valence-electron chi connectivity index (χ2n) is 6.97. The average Bonchev–Trinajstić information content (AvgIpc) is 3.21. The van der Waals surface area contributed by atoms with Gasteiger partial charge in [-0.2, -0.15) is 0 Å². The zero-order valence-corrected chi connectivity index (χ0v) is 16.3. The largest absolute Gasteiger partial charge is 0.457 e. The molecule has 0 saturated carbocycles. The Hall–Kier alpha value is -3.99. The minimum atomic E-state index is -0.294. The maximum atomic E-state index is 13.2. The average molecular weight is 395 g/mol. The first kappa shape index (κ1) is 18.1. The fraction of sp³-hybridized carbons (Fsp3) is 0.0400. The lowest BCUT2D eigenvalue weighted by Crippen LogP contribution is -1.96. The number of halogens is 1. The number of imidazole rings is 1. The van der Waals surface area contributed by atoms with Crippen molar-refractivity contribution in [2.45, 2.75) is 6.92 Å². The highest BCUT2D eigenvalue weighted by atomic mass is 19.1. The van der Waals surface area contributed by atoms with Crippen LogP contribution in [0.25, 0.3) is 27.8 Å². The second-order valence-corrected chi connectivity index (χ2v) is 6.97. The topological polar surface area (TPSA) is 39.9 Å². The zero-order chi connectivity index (χ0) is 20.5. The Balaban J connectivity index is 1.52. The molecule has 0 saturated heterocycles. The first-order chi connectivity index (χ1) is 14.7. The molecule has 5 heteroatoms. The van der Waals surface area contributed by atoms with Gasteiger partial charge in [0.2, 0.25) is 0 Å². The molecule has 0 bridgehead atoms. The third kappa shape index (κ3) is 3.42. The van der Waals surface area contributed by atoms with E-state index >= 15 is 0 Å². The van der Waals surface area contributed by atoms with Crippen molar-refractivity contribution >= 4 is 10.9 Å². The van der Waals surface area contributed by atoms with Gasteiger partial charge in [0.15, 0.2) is 0 Å². The first-order valence-corrected chi connectivity index (χ1v) is 9.61. The predicted octanol–water partition coefficient (Wildman–Crippen LogP) is 6.33. The number of aryl methyl sites for hydroxylation is 1. The summed E-state index contributed by atoms with van der Waals surface area (Å²) < 4.78 is 21.2. The highest BCUT2D eigenvalue weighted by molar-refractivity contribution is 5.84. The Morgan fingerprint density at radius 1 is 0.900 bits per heavy atom. The molecular formula is C25H18FN3O. The van der Waals surface area contributed by atoms with Gasteiger partial charge in [-0.3, -0.25) is 0 Å². The molecule has 30 heavy (non-hydrogen) atoms. The molecule has 5 aromatic rings. The second kappa shape index (κ2) is 7.44. The van der Waals surface area contributed by atoms with Gasteiger partial charge in [-0.1, -0.05) is 18.2 Å². The Kier molecular flexibility index (Phi) is 4.48. The van der Waals surface area contributed by atoms with E-state index in [9.17, 15) is 4.39 Å². The lowest BCUT2D eigenvalue weighted by Gasteiger charge is -2.12. The summed E-state index contributed by atoms with van der Waals surface area (Å²) in [5, 5.41) is 1.04. The van der Waals surface area contributed by atoms with Crippen LogP contribution in [0.1, 0.15) is 5.82 Å². The summed E-state index contributed by atoms with van der Waals surface area (Å²) in [7, 11) is 0. The third-order valence-corrected chi connectivity index (χ3v) is 4.98. The van der Waals surface area contributed by atoms with Crippen molar-refractivity contribution in [1.82, 2.24) is 14.5 Å². The molecule has 0 unspecified atom stereocenters. The third-order valence-electron chi connectivity index (χ3n) is 4.98. The van der Waals surface area contributed by atoms with E-state index in [-0.39, 0.29) is 5.82 Å². The summed E-state index contributed by atoms with van der Waals surface area (Å²) in [5.41, 5.74) is 3.63. The van der Waals surface area contributed by atoms with Gasteiger partial charge >= 0.3 is 0 Å². The smallest absolute Gasteiger partial charge is 0.136 e. The van der Waals surface area contributed by atoms with Crippen LogP contribution >= 0.6 is 0 Å². The number of pyridine rings is 1. The Bertz CT molecular complexity index is 1340. The SMILES string of the molecule is Cc1nccn1-c1ccc2nc(-c3ccccc3Oc3ccc(F)cc3)ccc2c1. The van der Waals surface area contributed by atoms with Gasteiger partial charge in [0.05, 0.1) is 11.2 Å². The van der Waals surface area contributed by atoms with Gasteiger partial charge in [-0.15, -0.1) is 0 Å². The summed E-state index contributed by atoms with van der Waals surface area (Å²) >= 11 is 0. The molecule has 146 valence electrons. The van der Waals surface area contributed by atoms with Gasteiger partial charge in [0, 0.05) is 29.0 Å². The number of aromatic nitrogens is 3. The number of nitrogens with zero attached hydrogens (tertiary/aromatic N) is 3. The maximum absolute atomic E-state index is 13.2. The molecule has 0 fully saturated rings. The monoisotopic (exact) mass is 395 g/mol. The summed E-state index contributed by atoms with van der Waals surface area (Å²) in [5.74, 6) is 1.88. The number of benzene rings is 3. The van der Waals surface area contributed by atoms with E-state index in [0.29, 0.717) is 11.5 Å². The van der Waals surface area contributed by atoms with Crippen LogP contribution in [0.3, 0.4) is 0 Å². The van der Waals surface area contributed by atoms with Gasteiger partial charge < -0.3 is 9.30 Å². The Morgan fingerprint density at radius 2 is 1.73 bits per heavy atom. The van der Waals surface area contributed by atoms with Gasteiger partial charge in [-0.25, -0.2) is 14.4 Å². The van der Waals surface area contributed by atoms with Crippen molar-refractivity contribution in [3.05, 3.63) is 103 Å². The summed E-state index contributed by atoms with van der Waals surface area (Å²) in [6.07, 6.45) is 3.74. The van der Waals surface area contributed by atoms with Gasteiger partial charge in [-0.05, 0) is 67.6 Å². The summed E-state index contributed by atoms with van der Waals surface area (Å²) in [4.78, 5) is 9.13. The highest BCUT2D eigenvalue weighted by Gasteiger charge is 2.10. The number of hydrogen-bond acceptors (Lipinski definition) is 3. The van der Waals surface area contributed by atoms with E-state index in [0.717, 1.165) is 33.7 Å². The molecule has 4 nitrogen and oxygen atoms in total. The van der Waals surface area contributed by atoms with Crippen molar-refractivity contribution in [1.29, 1.82) is 0 Å². The lowest BCUT2D eigenvalue weighted by molar-refractivity contribution is 0.482. The quantitative estimate of drug-likeness (QED) is 0.357. The van der Waals surface area contributed by atoms with Crippen LogP contribution in [0.5, 0.6) is 11.5 Å². The molecule has 2 aromatic heterocycles. The molecule has 3 aromatic carbocycles. The number of para-hydroxylation sites is 1. The van der Waals surface area contributed by atoms with Crippen LogP contribution in [0.4, 0.5) is 4.39 Å². The number of rotatable bonds is 4. The van der Waals surface area contributed by atoms with E-state index in [4.69, 9.17) is 9.72 Å². The molecule has 0 amide bonds. The first-order valence-electron chi connectivity index (χ1n) is 9.61. The molecule has 0 radical (unpaired) electrons. The van der Waals surface area contributed by atoms with Crippen LogP contribution in [0, 0.1) is 12.7 Å². The predicted molar refractivity (Wildman–Crippen MR) is 116 cm³/mol. The Morgan fingerprint density at radius 3 is 2.53 bits per heavy atom. The highest BCUT2D eigenvalue weighted by Crippen LogP contribution is 2.33. The van der Waals surface area contributed by atoms with Crippen LogP contribution in [-0.2, 0) is 0 Å². The summed E-state index contributed by atoms with van der Waals surface area (Å²) in [6.45, 7) is 1.98. The molecule has 0 aliphatic rings. The molecule has 0 atom stereocenters. The van der Waals surface area contributed by atoms with Crippen LogP contribution < -0.4 is 4.74 Å². The molecule has 0 aliphatic heterocycles. The molecular weight excluding hydrogens is 377 g/mol. The zero-order valence-electron chi connectivity index (χ0n) is 16.3. The van der Waals surface area contributed by atoms with Crippen molar-refractivity contribution in [3.8, 4) is 28.4 Å². The van der Waals surface area contributed by atoms with E-state index in [1.54, 1.807) is 18.3 Å². The molecule has 0 aliphatic carbocycles. The Labute approximate surface area is 173 Å². The van der Waals surface area contributed by atoms with Crippen LogP contribution in [0.15, 0.2) is 91.3 Å². The van der Waals surface area contributed by atoms with Crippen molar-refractivity contribution < 1.29 is 9.13 Å². The molecule has 0 spiro atoms. The van der Waals surface area contributed by atoms with E-state index in [2.05, 4.69) is 17.1 Å². The van der Waals surface area contributed by atoms with Crippen molar-refractivity contribution in [2.75, 3.05) is 0 Å². The van der Waals surface area contributed by atoms with E-state index in [1.807, 2.05) is 60.2 Å². The number of fused-ring (bicyclic) bond motifs is 1. The molecule has 5 rings (SSSR count). The van der Waals surface area contributed by atoms with Gasteiger partial charge in [0.1, 0.15) is 23.1 Å². The van der Waals surface area contributed by atoms with Gasteiger partial charge in [0.25, 0.3) is 0 Å². The van der Waals surface area contributed by atoms with Crippen molar-refractivity contribution in [2.24, 2.45) is 0 Å². The van der Waals surface area contributed by atoms with Crippen LogP contribution in [-0.4, -0.2) is 14.5 Å². The van der Waals surface area contributed by atoms with Crippen molar-refractivity contribution in [3.63, 3.8) is 0 Å². The van der Waals surface area contributed by atoms with E-state index < -0.39 is 0 Å². The lowest BCUT2D eigenvalue weighted by atomic mass is 10.1. The fourth-order valence-electron chi connectivity index (χ4n) is 3.46. The standard InChI is InChI=1S/C25H18FN3O/c1-17-27-14-15-29(17)20-9-13-23-18(16-20)6-12-24(28-23)22-4-2-3-5-25(22)30-21-10-7-19(26)8-11-21/h2-16H,1H3. The maximum Gasteiger partial charge on any atom is 0.136 e. The molecule has 2 heterocycles. The normalized spacial score (nSPS) is 11.0. The number of ether oxygens (including phenoxy) is 1. The minimum absolute atomic E-state index is 0.294. The number of hydrogen-bond donors (Lipinski definition) is 0.